The monoisotopic (exact) mass is 385 g/mol. The van der Waals surface area contributed by atoms with Crippen LogP contribution < -0.4 is 5.32 Å². The van der Waals surface area contributed by atoms with Gasteiger partial charge in [0, 0.05) is 10.5 Å². The van der Waals surface area contributed by atoms with Crippen LogP contribution in [0.2, 0.25) is 0 Å². The Balaban J connectivity index is 1.91. The van der Waals surface area contributed by atoms with Crippen LogP contribution in [0.3, 0.4) is 0 Å². The molecular weight excluding hydrogens is 362 g/mol. The molecule has 1 N–H and O–H groups in total. The van der Waals surface area contributed by atoms with Gasteiger partial charge in [0.25, 0.3) is 11.8 Å². The highest BCUT2D eigenvalue weighted by Gasteiger charge is 2.17. The van der Waals surface area contributed by atoms with Gasteiger partial charge in [0.1, 0.15) is 0 Å². The van der Waals surface area contributed by atoms with Gasteiger partial charge in [-0.1, -0.05) is 45.0 Å². The standard InChI is InChI=1S/C21H23NO4S/c1-21(2,3)15-11-9-14(10-12-15)19(24)22-18(23)13-26-20(25)16-7-5-6-8-17(16)27-4/h5-12H,13H2,1-4H3,(H,22,23,24). The lowest BCUT2D eigenvalue weighted by Gasteiger charge is -2.19. The lowest BCUT2D eigenvalue weighted by atomic mass is 9.87. The van der Waals surface area contributed by atoms with Crippen LogP contribution >= 0.6 is 11.8 Å². The molecule has 0 aliphatic rings. The third kappa shape index (κ3) is 5.69. The molecule has 2 amide bonds. The molecule has 6 heteroatoms. The molecule has 0 unspecified atom stereocenters. The van der Waals surface area contributed by atoms with E-state index in [1.165, 1.54) is 11.8 Å². The molecule has 2 aromatic rings. The molecule has 0 radical (unpaired) electrons. The number of hydrogen-bond donors (Lipinski definition) is 1. The van der Waals surface area contributed by atoms with Crippen molar-refractivity contribution in [3.8, 4) is 0 Å². The van der Waals surface area contributed by atoms with E-state index in [0.29, 0.717) is 11.1 Å². The molecule has 142 valence electrons. The minimum absolute atomic E-state index is 0.0217. The first kappa shape index (κ1) is 20.7. The van der Waals surface area contributed by atoms with Gasteiger partial charge in [0.15, 0.2) is 6.61 Å². The molecule has 27 heavy (non-hydrogen) atoms. The van der Waals surface area contributed by atoms with Crippen molar-refractivity contribution in [2.75, 3.05) is 12.9 Å². The number of imide groups is 1. The van der Waals surface area contributed by atoms with Crippen LogP contribution in [-0.2, 0) is 14.9 Å². The zero-order chi connectivity index (χ0) is 20.0. The highest BCUT2D eigenvalue weighted by Crippen LogP contribution is 2.22. The number of carbonyl (C=O) groups excluding carboxylic acids is 3. The molecule has 0 spiro atoms. The summed E-state index contributed by atoms with van der Waals surface area (Å²) < 4.78 is 5.02. The van der Waals surface area contributed by atoms with Gasteiger partial charge in [-0.15, -0.1) is 11.8 Å². The quantitative estimate of drug-likeness (QED) is 0.626. The van der Waals surface area contributed by atoms with Crippen molar-refractivity contribution in [1.29, 1.82) is 0 Å². The molecule has 0 heterocycles. The van der Waals surface area contributed by atoms with Crippen molar-refractivity contribution in [1.82, 2.24) is 5.32 Å². The summed E-state index contributed by atoms with van der Waals surface area (Å²) in [5.74, 6) is -1.80. The van der Waals surface area contributed by atoms with E-state index in [1.54, 1.807) is 30.3 Å². The van der Waals surface area contributed by atoms with E-state index in [-0.39, 0.29) is 5.41 Å². The van der Waals surface area contributed by atoms with Crippen LogP contribution in [0, 0.1) is 0 Å². The minimum atomic E-state index is -0.671. The number of carbonyl (C=O) groups is 3. The SMILES string of the molecule is CSc1ccccc1C(=O)OCC(=O)NC(=O)c1ccc(C(C)(C)C)cc1. The van der Waals surface area contributed by atoms with Crippen LogP contribution in [0.5, 0.6) is 0 Å². The molecule has 5 nitrogen and oxygen atoms in total. The highest BCUT2D eigenvalue weighted by molar-refractivity contribution is 7.98. The molecular formula is C21H23NO4S. The maximum Gasteiger partial charge on any atom is 0.339 e. The molecule has 0 fully saturated rings. The molecule has 2 aromatic carbocycles. The fourth-order valence-electron chi connectivity index (χ4n) is 2.38. The summed E-state index contributed by atoms with van der Waals surface area (Å²) in [6.45, 7) is 5.72. The molecule has 0 saturated carbocycles. The second-order valence-electron chi connectivity index (χ2n) is 6.98. The van der Waals surface area contributed by atoms with E-state index >= 15 is 0 Å². The molecule has 0 bridgehead atoms. The lowest BCUT2D eigenvalue weighted by Crippen LogP contribution is -2.34. The van der Waals surface area contributed by atoms with E-state index in [1.807, 2.05) is 24.5 Å². The van der Waals surface area contributed by atoms with Gasteiger partial charge in [-0.3, -0.25) is 14.9 Å². The Labute approximate surface area is 163 Å². The fraction of sp³-hybridized carbons (Fsp3) is 0.286. The minimum Gasteiger partial charge on any atom is -0.452 e. The largest absolute Gasteiger partial charge is 0.452 e. The maximum absolute atomic E-state index is 12.2. The van der Waals surface area contributed by atoms with Gasteiger partial charge in [-0.2, -0.15) is 0 Å². The normalized spacial score (nSPS) is 11.0. The number of esters is 1. The van der Waals surface area contributed by atoms with Gasteiger partial charge >= 0.3 is 5.97 Å². The number of nitrogens with one attached hydrogen (secondary N) is 1. The van der Waals surface area contributed by atoms with Gasteiger partial charge in [0.05, 0.1) is 5.56 Å². The first-order valence-electron chi connectivity index (χ1n) is 8.47. The Bertz CT molecular complexity index is 838. The van der Waals surface area contributed by atoms with Crippen molar-refractivity contribution in [3.05, 3.63) is 65.2 Å². The number of thioether (sulfide) groups is 1. The summed E-state index contributed by atoms with van der Waals surface area (Å²) in [5.41, 5.74) is 1.83. The molecule has 0 aliphatic carbocycles. The second kappa shape index (κ2) is 8.86. The maximum atomic E-state index is 12.2. The predicted molar refractivity (Wildman–Crippen MR) is 106 cm³/mol. The number of amides is 2. The van der Waals surface area contributed by atoms with Crippen molar-refractivity contribution in [2.45, 2.75) is 31.1 Å². The smallest absolute Gasteiger partial charge is 0.339 e. The van der Waals surface area contributed by atoms with Crippen LogP contribution in [0.25, 0.3) is 0 Å². The highest BCUT2D eigenvalue weighted by atomic mass is 32.2. The van der Waals surface area contributed by atoms with Crippen LogP contribution in [0.4, 0.5) is 0 Å². The summed E-state index contributed by atoms with van der Waals surface area (Å²) in [6, 6.07) is 14.0. The average molecular weight is 385 g/mol. The number of hydrogen-bond acceptors (Lipinski definition) is 5. The van der Waals surface area contributed by atoms with E-state index in [4.69, 9.17) is 4.74 Å². The van der Waals surface area contributed by atoms with E-state index in [2.05, 4.69) is 26.1 Å². The van der Waals surface area contributed by atoms with Crippen molar-refractivity contribution in [2.24, 2.45) is 0 Å². The average Bonchev–Trinajstić information content (AvgIpc) is 2.65. The molecule has 0 aliphatic heterocycles. The van der Waals surface area contributed by atoms with Crippen LogP contribution in [0.1, 0.15) is 47.1 Å². The Morgan fingerprint density at radius 3 is 2.22 bits per heavy atom. The summed E-state index contributed by atoms with van der Waals surface area (Å²) in [5, 5.41) is 2.23. The van der Waals surface area contributed by atoms with E-state index < -0.39 is 24.4 Å². The Kier molecular flexibility index (Phi) is 6.80. The Morgan fingerprint density at radius 2 is 1.63 bits per heavy atom. The predicted octanol–water partition coefficient (Wildman–Crippen LogP) is 3.82. The zero-order valence-corrected chi connectivity index (χ0v) is 16.7. The summed E-state index contributed by atoms with van der Waals surface area (Å²) in [7, 11) is 0. The summed E-state index contributed by atoms with van der Waals surface area (Å²) in [4.78, 5) is 37.0. The number of rotatable bonds is 5. The van der Waals surface area contributed by atoms with Crippen LogP contribution in [0.15, 0.2) is 53.4 Å². The zero-order valence-electron chi connectivity index (χ0n) is 15.9. The van der Waals surface area contributed by atoms with Gasteiger partial charge in [-0.25, -0.2) is 4.79 Å². The first-order valence-corrected chi connectivity index (χ1v) is 9.69. The van der Waals surface area contributed by atoms with Gasteiger partial charge < -0.3 is 4.74 Å². The number of benzene rings is 2. The Morgan fingerprint density at radius 1 is 1.00 bits per heavy atom. The lowest BCUT2D eigenvalue weighted by molar-refractivity contribution is -0.123. The van der Waals surface area contributed by atoms with Crippen molar-refractivity contribution >= 4 is 29.5 Å². The third-order valence-corrected chi connectivity index (χ3v) is 4.72. The van der Waals surface area contributed by atoms with Gasteiger partial charge in [-0.05, 0) is 41.5 Å². The summed E-state index contributed by atoms with van der Waals surface area (Å²) >= 11 is 1.41. The third-order valence-electron chi connectivity index (χ3n) is 3.93. The fourth-order valence-corrected chi connectivity index (χ4v) is 2.96. The van der Waals surface area contributed by atoms with E-state index in [9.17, 15) is 14.4 Å². The summed E-state index contributed by atoms with van der Waals surface area (Å²) in [6.07, 6.45) is 1.85. The first-order chi connectivity index (χ1) is 12.7. The molecule has 0 atom stereocenters. The van der Waals surface area contributed by atoms with E-state index in [0.717, 1.165) is 10.5 Å². The topological polar surface area (TPSA) is 72.5 Å². The molecule has 2 rings (SSSR count). The van der Waals surface area contributed by atoms with Crippen molar-refractivity contribution < 1.29 is 19.1 Å². The number of ether oxygens (including phenoxy) is 1. The second-order valence-corrected chi connectivity index (χ2v) is 7.83. The molecule has 0 saturated heterocycles. The van der Waals surface area contributed by atoms with Crippen molar-refractivity contribution in [3.63, 3.8) is 0 Å². The van der Waals surface area contributed by atoms with Crippen LogP contribution in [-0.4, -0.2) is 30.6 Å². The van der Waals surface area contributed by atoms with Gasteiger partial charge in [0.2, 0.25) is 0 Å². The molecule has 0 aromatic heterocycles. The Hall–Kier alpha value is -2.60.